The average Bonchev–Trinajstić information content (AvgIpc) is 3.12. The van der Waals surface area contributed by atoms with Crippen LogP contribution in [0.2, 0.25) is 0 Å². The molecule has 0 spiro atoms. The van der Waals surface area contributed by atoms with Crippen LogP contribution >= 0.6 is 0 Å². The molecule has 1 saturated heterocycles. The monoisotopic (exact) mass is 327 g/mol. The quantitative estimate of drug-likeness (QED) is 0.811. The molecule has 3 rings (SSSR count). The van der Waals surface area contributed by atoms with Crippen molar-refractivity contribution in [3.63, 3.8) is 0 Å². The van der Waals surface area contributed by atoms with Gasteiger partial charge in [0.25, 0.3) is 0 Å². The van der Waals surface area contributed by atoms with Crippen molar-refractivity contribution >= 4 is 16.1 Å². The van der Waals surface area contributed by atoms with E-state index in [1.165, 1.54) is 4.90 Å². The summed E-state index contributed by atoms with van der Waals surface area (Å²) in [6.07, 6.45) is 0.371. The van der Waals surface area contributed by atoms with Gasteiger partial charge in [0.2, 0.25) is 16.8 Å². The van der Waals surface area contributed by atoms with E-state index in [0.29, 0.717) is 31.0 Å². The smallest absolute Gasteiger partial charge is 0.317 e. The van der Waals surface area contributed by atoms with Gasteiger partial charge in [-0.3, -0.25) is 0 Å². The Labute approximate surface area is 128 Å². The fourth-order valence-corrected chi connectivity index (χ4v) is 3.34. The lowest BCUT2D eigenvalue weighted by atomic mass is 10.2. The third-order valence-electron chi connectivity index (χ3n) is 3.78. The van der Waals surface area contributed by atoms with E-state index >= 15 is 0 Å². The van der Waals surface area contributed by atoms with Gasteiger partial charge in [-0.05, 0) is 24.1 Å². The molecule has 0 bridgehead atoms. The highest BCUT2D eigenvalue weighted by molar-refractivity contribution is 7.89. The van der Waals surface area contributed by atoms with Crippen LogP contribution in [-0.4, -0.2) is 44.5 Å². The van der Waals surface area contributed by atoms with Gasteiger partial charge >= 0.3 is 6.03 Å². The highest BCUT2D eigenvalue weighted by Gasteiger charge is 2.33. The molecule has 1 aromatic rings. The average molecular weight is 327 g/mol. The Balaban J connectivity index is 1.55. The number of fused-ring (bicyclic) bond motifs is 1. The molecule has 2 aliphatic rings. The predicted octanol–water partition coefficient (Wildman–Crippen LogP) is -0.0123. The van der Waals surface area contributed by atoms with Crippen molar-refractivity contribution in [2.45, 2.75) is 18.2 Å². The second-order valence-electron chi connectivity index (χ2n) is 5.29. The molecule has 9 heteroatoms. The number of nitrogens with two attached hydrogens (primary N) is 1. The molecule has 1 aromatic carbocycles. The summed E-state index contributed by atoms with van der Waals surface area (Å²) in [4.78, 5) is 13.5. The molecular formula is C13H17N3O5S. The molecule has 8 nitrogen and oxygen atoms in total. The minimum absolute atomic E-state index is 0.131. The summed E-state index contributed by atoms with van der Waals surface area (Å²) in [5.41, 5.74) is 0.875. The van der Waals surface area contributed by atoms with Crippen molar-refractivity contribution in [2.24, 2.45) is 5.14 Å². The van der Waals surface area contributed by atoms with Crippen LogP contribution in [0.15, 0.2) is 18.2 Å². The number of carbonyl (C=O) groups excluding carboxylic acids is 1. The maximum atomic E-state index is 12.0. The standard InChI is InChI=1S/C13H17N3O5S/c14-22(18,19)10-3-4-16(7-10)13(17)15-6-9-1-2-11-12(5-9)21-8-20-11/h1-2,5,10H,3-4,6-8H2,(H,15,17)(H2,14,18,19)/t10-/m1/s1. The van der Waals surface area contributed by atoms with Gasteiger partial charge in [0, 0.05) is 19.6 Å². The van der Waals surface area contributed by atoms with Crippen LogP contribution in [0.25, 0.3) is 0 Å². The van der Waals surface area contributed by atoms with Gasteiger partial charge in [-0.15, -0.1) is 0 Å². The number of ether oxygens (including phenoxy) is 2. The molecule has 0 aliphatic carbocycles. The molecule has 2 amide bonds. The van der Waals surface area contributed by atoms with Crippen LogP contribution in [-0.2, 0) is 16.6 Å². The molecule has 0 unspecified atom stereocenters. The molecule has 3 N–H and O–H groups in total. The highest BCUT2D eigenvalue weighted by atomic mass is 32.2. The second kappa shape index (κ2) is 5.65. The third kappa shape index (κ3) is 3.09. The minimum Gasteiger partial charge on any atom is -0.454 e. The van der Waals surface area contributed by atoms with Gasteiger partial charge in [-0.2, -0.15) is 0 Å². The Kier molecular flexibility index (Phi) is 3.83. The van der Waals surface area contributed by atoms with Crippen LogP contribution in [0, 0.1) is 0 Å². The number of sulfonamides is 1. The van der Waals surface area contributed by atoms with Crippen LogP contribution in [0.1, 0.15) is 12.0 Å². The summed E-state index contributed by atoms with van der Waals surface area (Å²) in [6.45, 7) is 1.04. The second-order valence-corrected chi connectivity index (χ2v) is 7.14. The Morgan fingerprint density at radius 3 is 2.86 bits per heavy atom. The summed E-state index contributed by atoms with van der Waals surface area (Å²) < 4.78 is 33.1. The number of hydrogen-bond donors (Lipinski definition) is 2. The number of primary sulfonamides is 1. The molecule has 2 heterocycles. The number of urea groups is 1. The molecule has 0 radical (unpaired) electrons. The lowest BCUT2D eigenvalue weighted by Gasteiger charge is -2.17. The molecule has 120 valence electrons. The SMILES string of the molecule is NS(=O)(=O)[C@@H]1CCN(C(=O)NCc2ccc3c(c2)OCO3)C1. The van der Waals surface area contributed by atoms with E-state index in [9.17, 15) is 13.2 Å². The minimum atomic E-state index is -3.60. The first-order valence-corrected chi connectivity index (χ1v) is 8.47. The number of nitrogens with one attached hydrogen (secondary N) is 1. The normalized spacial score (nSPS) is 20.2. The van der Waals surface area contributed by atoms with E-state index in [0.717, 1.165) is 5.56 Å². The van der Waals surface area contributed by atoms with Crippen molar-refractivity contribution in [1.82, 2.24) is 10.2 Å². The van der Waals surface area contributed by atoms with E-state index in [-0.39, 0.29) is 19.4 Å². The Hall–Kier alpha value is -2.00. The maximum absolute atomic E-state index is 12.0. The van der Waals surface area contributed by atoms with Gasteiger partial charge in [0.15, 0.2) is 11.5 Å². The largest absolute Gasteiger partial charge is 0.454 e. The van der Waals surface area contributed by atoms with Gasteiger partial charge in [0.1, 0.15) is 0 Å². The zero-order chi connectivity index (χ0) is 15.7. The zero-order valence-corrected chi connectivity index (χ0v) is 12.6. The molecule has 2 aliphatic heterocycles. The third-order valence-corrected chi connectivity index (χ3v) is 5.09. The number of nitrogens with zero attached hydrogens (tertiary/aromatic N) is 1. The van der Waals surface area contributed by atoms with Gasteiger partial charge < -0.3 is 19.7 Å². The van der Waals surface area contributed by atoms with E-state index < -0.39 is 15.3 Å². The fraction of sp³-hybridized carbons (Fsp3) is 0.462. The number of amides is 2. The Bertz CT molecular complexity index is 691. The lowest BCUT2D eigenvalue weighted by molar-refractivity contribution is 0.174. The molecular weight excluding hydrogens is 310 g/mol. The maximum Gasteiger partial charge on any atom is 0.317 e. The summed E-state index contributed by atoms with van der Waals surface area (Å²) in [5, 5.41) is 7.19. The first kappa shape index (κ1) is 14.9. The van der Waals surface area contributed by atoms with Crippen molar-refractivity contribution in [1.29, 1.82) is 0 Å². The van der Waals surface area contributed by atoms with Crippen molar-refractivity contribution in [2.75, 3.05) is 19.9 Å². The van der Waals surface area contributed by atoms with E-state index in [4.69, 9.17) is 14.6 Å². The predicted molar refractivity (Wildman–Crippen MR) is 77.9 cm³/mol. The van der Waals surface area contributed by atoms with Gasteiger partial charge in [0.05, 0.1) is 5.25 Å². The van der Waals surface area contributed by atoms with Gasteiger partial charge in [-0.25, -0.2) is 18.4 Å². The summed E-state index contributed by atoms with van der Waals surface area (Å²) >= 11 is 0. The summed E-state index contributed by atoms with van der Waals surface area (Å²) in [6, 6.07) is 5.13. The Morgan fingerprint density at radius 2 is 2.14 bits per heavy atom. The highest BCUT2D eigenvalue weighted by Crippen LogP contribution is 2.32. The molecule has 1 fully saturated rings. The topological polar surface area (TPSA) is 111 Å². The number of rotatable bonds is 3. The molecule has 1 atom stereocenters. The fourth-order valence-electron chi connectivity index (χ4n) is 2.52. The number of carbonyl (C=O) groups is 1. The first-order valence-electron chi connectivity index (χ1n) is 6.86. The van der Waals surface area contributed by atoms with E-state index in [2.05, 4.69) is 5.32 Å². The number of hydrogen-bond acceptors (Lipinski definition) is 5. The van der Waals surface area contributed by atoms with Crippen molar-refractivity contribution in [3.8, 4) is 11.5 Å². The van der Waals surface area contributed by atoms with Crippen LogP contribution in [0.5, 0.6) is 11.5 Å². The van der Waals surface area contributed by atoms with Crippen LogP contribution < -0.4 is 19.9 Å². The zero-order valence-electron chi connectivity index (χ0n) is 11.8. The molecule has 22 heavy (non-hydrogen) atoms. The number of likely N-dealkylation sites (tertiary alicyclic amines) is 1. The molecule has 0 saturated carbocycles. The van der Waals surface area contributed by atoms with Crippen molar-refractivity contribution < 1.29 is 22.7 Å². The van der Waals surface area contributed by atoms with E-state index in [1.54, 1.807) is 12.1 Å². The summed E-state index contributed by atoms with van der Waals surface area (Å²) in [5.74, 6) is 1.34. The summed E-state index contributed by atoms with van der Waals surface area (Å²) in [7, 11) is -3.60. The van der Waals surface area contributed by atoms with Crippen LogP contribution in [0.3, 0.4) is 0 Å². The van der Waals surface area contributed by atoms with Crippen LogP contribution in [0.4, 0.5) is 4.79 Å². The lowest BCUT2D eigenvalue weighted by Crippen LogP contribution is -2.40. The Morgan fingerprint density at radius 1 is 1.36 bits per heavy atom. The molecule has 0 aromatic heterocycles. The van der Waals surface area contributed by atoms with Gasteiger partial charge in [-0.1, -0.05) is 6.07 Å². The first-order chi connectivity index (χ1) is 10.4. The number of benzene rings is 1. The van der Waals surface area contributed by atoms with Crippen molar-refractivity contribution in [3.05, 3.63) is 23.8 Å². The van der Waals surface area contributed by atoms with E-state index in [1.807, 2.05) is 6.07 Å².